The molecule has 5 heteroatoms. The molecule has 0 aromatic heterocycles. The van der Waals surface area contributed by atoms with Crippen molar-refractivity contribution >= 4 is 28.9 Å². The molecule has 0 aliphatic rings. The molecule has 98 valence electrons. The molecule has 0 amide bonds. The van der Waals surface area contributed by atoms with Gasteiger partial charge in [0.15, 0.2) is 0 Å². The van der Waals surface area contributed by atoms with E-state index in [1.807, 2.05) is 25.1 Å². The van der Waals surface area contributed by atoms with Crippen LogP contribution in [-0.4, -0.2) is 23.6 Å². The van der Waals surface area contributed by atoms with E-state index in [4.69, 9.17) is 22.7 Å². The van der Waals surface area contributed by atoms with Crippen molar-refractivity contribution in [3.8, 4) is 0 Å². The number of anilines is 1. The highest BCUT2D eigenvalue weighted by Gasteiger charge is 2.13. The maximum atomic E-state index is 11.5. The van der Waals surface area contributed by atoms with Crippen LogP contribution in [0.3, 0.4) is 0 Å². The number of hydrogen-bond acceptors (Lipinski definition) is 4. The molecule has 1 rings (SSSR count). The number of ether oxygens (including phenoxy) is 1. The second-order valence-electron chi connectivity index (χ2n) is 4.01. The van der Waals surface area contributed by atoms with Crippen LogP contribution in [0, 0.1) is 6.92 Å². The summed E-state index contributed by atoms with van der Waals surface area (Å²) in [6, 6.07) is 5.21. The number of hydrogen-bond donors (Lipinski definition) is 2. The van der Waals surface area contributed by atoms with Crippen molar-refractivity contribution in [2.24, 2.45) is 5.73 Å². The Morgan fingerprint density at radius 2 is 2.22 bits per heavy atom. The van der Waals surface area contributed by atoms with E-state index in [-0.39, 0.29) is 12.0 Å². The maximum absolute atomic E-state index is 11.5. The number of nitrogens with two attached hydrogens (primary N) is 1. The predicted octanol–water partition coefficient (Wildman–Crippen LogP) is 1.99. The molecule has 1 aromatic rings. The first-order valence-electron chi connectivity index (χ1n) is 5.79. The molecule has 18 heavy (non-hydrogen) atoms. The zero-order chi connectivity index (χ0) is 13.7. The van der Waals surface area contributed by atoms with Gasteiger partial charge in [-0.1, -0.05) is 12.2 Å². The summed E-state index contributed by atoms with van der Waals surface area (Å²) in [6.45, 7) is 5.85. The van der Waals surface area contributed by atoms with E-state index >= 15 is 0 Å². The van der Waals surface area contributed by atoms with Gasteiger partial charge in [0.1, 0.15) is 11.0 Å². The van der Waals surface area contributed by atoms with Crippen LogP contribution in [0.15, 0.2) is 18.2 Å². The molecule has 1 atom stereocenters. The van der Waals surface area contributed by atoms with Gasteiger partial charge in [-0.2, -0.15) is 0 Å². The highest BCUT2D eigenvalue weighted by Crippen LogP contribution is 2.16. The van der Waals surface area contributed by atoms with Gasteiger partial charge in [0.25, 0.3) is 0 Å². The molecule has 0 aliphatic heterocycles. The number of nitrogens with one attached hydrogen (secondary N) is 1. The van der Waals surface area contributed by atoms with E-state index in [1.165, 1.54) is 0 Å². The molecule has 1 unspecified atom stereocenters. The molecule has 0 saturated carbocycles. The average Bonchev–Trinajstić information content (AvgIpc) is 2.28. The highest BCUT2D eigenvalue weighted by atomic mass is 32.1. The van der Waals surface area contributed by atoms with Gasteiger partial charge in [0, 0.05) is 11.3 Å². The molecule has 0 radical (unpaired) electrons. The summed E-state index contributed by atoms with van der Waals surface area (Å²) in [5.41, 5.74) is 8.25. The Morgan fingerprint density at radius 1 is 1.56 bits per heavy atom. The second kappa shape index (κ2) is 6.35. The monoisotopic (exact) mass is 266 g/mol. The first-order valence-corrected chi connectivity index (χ1v) is 6.20. The molecule has 0 fully saturated rings. The van der Waals surface area contributed by atoms with Gasteiger partial charge in [-0.25, -0.2) is 4.79 Å². The first-order chi connectivity index (χ1) is 8.45. The van der Waals surface area contributed by atoms with E-state index in [1.54, 1.807) is 13.8 Å². The van der Waals surface area contributed by atoms with Gasteiger partial charge in [-0.05, 0) is 44.5 Å². The van der Waals surface area contributed by atoms with Crippen molar-refractivity contribution in [1.29, 1.82) is 0 Å². The Kier molecular flexibility index (Phi) is 5.09. The summed E-state index contributed by atoms with van der Waals surface area (Å²) in [7, 11) is 0. The van der Waals surface area contributed by atoms with Crippen molar-refractivity contribution < 1.29 is 9.53 Å². The SMILES string of the molecule is CCOC(=O)C(C)Nc1ccc(C(N)=S)c(C)c1. The van der Waals surface area contributed by atoms with Gasteiger partial charge < -0.3 is 15.8 Å². The number of thiocarbonyl (C=S) groups is 1. The normalized spacial score (nSPS) is 11.7. The minimum Gasteiger partial charge on any atom is -0.464 e. The maximum Gasteiger partial charge on any atom is 0.328 e. The smallest absolute Gasteiger partial charge is 0.328 e. The topological polar surface area (TPSA) is 64.3 Å². The lowest BCUT2D eigenvalue weighted by molar-refractivity contribution is -0.143. The molecular formula is C13H18N2O2S. The van der Waals surface area contributed by atoms with Crippen LogP contribution < -0.4 is 11.1 Å². The van der Waals surface area contributed by atoms with Crippen LogP contribution in [0.4, 0.5) is 5.69 Å². The molecule has 0 aliphatic carbocycles. The number of rotatable bonds is 5. The summed E-state index contributed by atoms with van der Waals surface area (Å²) in [6.07, 6.45) is 0. The minimum atomic E-state index is -0.389. The van der Waals surface area contributed by atoms with Crippen molar-refractivity contribution in [1.82, 2.24) is 0 Å². The van der Waals surface area contributed by atoms with E-state index < -0.39 is 0 Å². The zero-order valence-corrected chi connectivity index (χ0v) is 11.6. The standard InChI is InChI=1S/C13H18N2O2S/c1-4-17-13(16)9(3)15-10-5-6-11(12(14)18)8(2)7-10/h5-7,9,15H,4H2,1-3H3,(H2,14,18). The molecule has 0 bridgehead atoms. The third-order valence-electron chi connectivity index (χ3n) is 2.52. The molecule has 0 heterocycles. The highest BCUT2D eigenvalue weighted by molar-refractivity contribution is 7.80. The lowest BCUT2D eigenvalue weighted by atomic mass is 10.1. The van der Waals surface area contributed by atoms with E-state index in [0.29, 0.717) is 11.6 Å². The fourth-order valence-corrected chi connectivity index (χ4v) is 1.84. The second-order valence-corrected chi connectivity index (χ2v) is 4.45. The number of esters is 1. The molecule has 0 spiro atoms. The molecule has 4 nitrogen and oxygen atoms in total. The number of aryl methyl sites for hydroxylation is 1. The quantitative estimate of drug-likeness (QED) is 0.630. The Bertz CT molecular complexity index is 460. The first kappa shape index (κ1) is 14.4. The Labute approximate surface area is 113 Å². The van der Waals surface area contributed by atoms with Gasteiger partial charge >= 0.3 is 5.97 Å². The summed E-state index contributed by atoms with van der Waals surface area (Å²) in [4.78, 5) is 11.9. The number of carbonyl (C=O) groups excluding carboxylic acids is 1. The van der Waals surface area contributed by atoms with Crippen LogP contribution in [-0.2, 0) is 9.53 Å². The van der Waals surface area contributed by atoms with Gasteiger partial charge in [0.2, 0.25) is 0 Å². The van der Waals surface area contributed by atoms with E-state index in [9.17, 15) is 4.79 Å². The van der Waals surface area contributed by atoms with Crippen LogP contribution in [0.1, 0.15) is 25.0 Å². The Hall–Kier alpha value is -1.62. The molecule has 1 aromatic carbocycles. The van der Waals surface area contributed by atoms with Crippen molar-refractivity contribution in [3.63, 3.8) is 0 Å². The van der Waals surface area contributed by atoms with Crippen LogP contribution in [0.5, 0.6) is 0 Å². The van der Waals surface area contributed by atoms with Crippen LogP contribution in [0.2, 0.25) is 0 Å². The average molecular weight is 266 g/mol. The fourth-order valence-electron chi connectivity index (χ4n) is 1.61. The number of benzene rings is 1. The fraction of sp³-hybridized carbons (Fsp3) is 0.385. The Morgan fingerprint density at radius 3 is 2.72 bits per heavy atom. The largest absolute Gasteiger partial charge is 0.464 e. The van der Waals surface area contributed by atoms with Crippen LogP contribution in [0.25, 0.3) is 0 Å². The number of carbonyl (C=O) groups is 1. The van der Waals surface area contributed by atoms with Crippen molar-refractivity contribution in [2.75, 3.05) is 11.9 Å². The van der Waals surface area contributed by atoms with Gasteiger partial charge in [-0.3, -0.25) is 0 Å². The summed E-state index contributed by atoms with van der Waals surface area (Å²) in [5, 5.41) is 3.07. The zero-order valence-electron chi connectivity index (χ0n) is 10.8. The van der Waals surface area contributed by atoms with Gasteiger partial charge in [0.05, 0.1) is 6.61 Å². The third kappa shape index (κ3) is 3.70. The third-order valence-corrected chi connectivity index (χ3v) is 2.74. The van der Waals surface area contributed by atoms with Crippen molar-refractivity contribution in [3.05, 3.63) is 29.3 Å². The molecule has 3 N–H and O–H groups in total. The van der Waals surface area contributed by atoms with E-state index in [2.05, 4.69) is 5.32 Å². The molecular weight excluding hydrogens is 248 g/mol. The lowest BCUT2D eigenvalue weighted by Crippen LogP contribution is -2.28. The van der Waals surface area contributed by atoms with Gasteiger partial charge in [-0.15, -0.1) is 0 Å². The summed E-state index contributed by atoms with van der Waals surface area (Å²) >= 11 is 4.94. The lowest BCUT2D eigenvalue weighted by Gasteiger charge is -2.15. The van der Waals surface area contributed by atoms with E-state index in [0.717, 1.165) is 16.8 Å². The predicted molar refractivity (Wildman–Crippen MR) is 76.8 cm³/mol. The molecule has 0 saturated heterocycles. The van der Waals surface area contributed by atoms with Crippen LogP contribution >= 0.6 is 12.2 Å². The summed E-state index contributed by atoms with van der Waals surface area (Å²) < 4.78 is 4.93. The Balaban J connectivity index is 2.77. The minimum absolute atomic E-state index is 0.270. The summed E-state index contributed by atoms with van der Waals surface area (Å²) in [5.74, 6) is -0.270. The van der Waals surface area contributed by atoms with Crippen molar-refractivity contribution in [2.45, 2.75) is 26.8 Å².